The zero-order valence-corrected chi connectivity index (χ0v) is 13.4. The molecule has 4 heteroatoms. The average Bonchev–Trinajstić information content (AvgIpc) is 2.94. The highest BCUT2D eigenvalue weighted by Gasteiger charge is 2.32. The summed E-state index contributed by atoms with van der Waals surface area (Å²) in [5.74, 6) is 2.58. The summed E-state index contributed by atoms with van der Waals surface area (Å²) in [4.78, 5) is 4.64. The van der Waals surface area contributed by atoms with Gasteiger partial charge in [-0.25, -0.2) is 4.98 Å². The van der Waals surface area contributed by atoms with Crippen LogP contribution in [0.2, 0.25) is 0 Å². The first-order valence-electron chi connectivity index (χ1n) is 8.00. The number of rotatable bonds is 7. The molecule has 3 unspecified atom stereocenters. The third-order valence-electron chi connectivity index (χ3n) is 4.58. The largest absolute Gasteiger partial charge is 0.382 e. The molecule has 0 spiro atoms. The molecular formula is C16H29N3O. The highest BCUT2D eigenvalue weighted by molar-refractivity contribution is 5.30. The number of anilines is 1. The first-order chi connectivity index (χ1) is 9.63. The minimum atomic E-state index is 0.598. The summed E-state index contributed by atoms with van der Waals surface area (Å²) in [6, 6.07) is 0.598. The van der Waals surface area contributed by atoms with Crippen molar-refractivity contribution in [1.29, 1.82) is 0 Å². The minimum absolute atomic E-state index is 0.598. The Balaban J connectivity index is 1.96. The summed E-state index contributed by atoms with van der Waals surface area (Å²) in [7, 11) is 0. The fourth-order valence-electron chi connectivity index (χ4n) is 3.15. The molecule has 1 heterocycles. The van der Waals surface area contributed by atoms with Crippen molar-refractivity contribution in [2.45, 2.75) is 53.0 Å². The molecule has 4 nitrogen and oxygen atoms in total. The van der Waals surface area contributed by atoms with Crippen LogP contribution in [0.3, 0.4) is 0 Å². The predicted octanol–water partition coefficient (Wildman–Crippen LogP) is 3.64. The van der Waals surface area contributed by atoms with Crippen LogP contribution in [-0.2, 0) is 4.74 Å². The molecule has 20 heavy (non-hydrogen) atoms. The number of nitrogens with one attached hydrogen (secondary N) is 1. The molecule has 114 valence electrons. The van der Waals surface area contributed by atoms with Gasteiger partial charge in [0.25, 0.3) is 0 Å². The first kappa shape index (κ1) is 15.4. The van der Waals surface area contributed by atoms with E-state index in [4.69, 9.17) is 4.74 Å². The monoisotopic (exact) mass is 279 g/mol. The number of hydrogen-bond donors (Lipinski definition) is 1. The van der Waals surface area contributed by atoms with Gasteiger partial charge < -0.3 is 14.6 Å². The highest BCUT2D eigenvalue weighted by atomic mass is 16.5. The minimum Gasteiger partial charge on any atom is -0.382 e. The van der Waals surface area contributed by atoms with Crippen LogP contribution in [-0.4, -0.2) is 29.3 Å². The Morgan fingerprint density at radius 3 is 2.85 bits per heavy atom. The summed E-state index contributed by atoms with van der Waals surface area (Å²) in [6.07, 6.45) is 5.82. The maximum Gasteiger partial charge on any atom is 0.203 e. The molecule has 1 N–H and O–H groups in total. The van der Waals surface area contributed by atoms with Crippen LogP contribution in [0, 0.1) is 18.8 Å². The molecule has 1 aliphatic rings. The van der Waals surface area contributed by atoms with E-state index in [1.165, 1.54) is 12.8 Å². The maximum absolute atomic E-state index is 5.37. The van der Waals surface area contributed by atoms with Gasteiger partial charge in [-0.15, -0.1) is 0 Å². The predicted molar refractivity (Wildman–Crippen MR) is 83.2 cm³/mol. The smallest absolute Gasteiger partial charge is 0.203 e. The fourth-order valence-corrected chi connectivity index (χ4v) is 3.15. The molecule has 0 aliphatic heterocycles. The molecule has 0 radical (unpaired) electrons. The molecule has 0 bridgehead atoms. The van der Waals surface area contributed by atoms with E-state index in [-0.39, 0.29) is 0 Å². The van der Waals surface area contributed by atoms with Crippen LogP contribution < -0.4 is 5.32 Å². The third kappa shape index (κ3) is 3.54. The summed E-state index contributed by atoms with van der Waals surface area (Å²) < 4.78 is 7.74. The quantitative estimate of drug-likeness (QED) is 0.775. The van der Waals surface area contributed by atoms with Crippen molar-refractivity contribution >= 4 is 5.95 Å². The van der Waals surface area contributed by atoms with Gasteiger partial charge in [-0.05, 0) is 44.9 Å². The van der Waals surface area contributed by atoms with Gasteiger partial charge in [0, 0.05) is 32.0 Å². The zero-order chi connectivity index (χ0) is 14.5. The summed E-state index contributed by atoms with van der Waals surface area (Å²) in [6.45, 7) is 11.4. The van der Waals surface area contributed by atoms with Gasteiger partial charge in [-0.3, -0.25) is 0 Å². The van der Waals surface area contributed by atoms with E-state index in [1.54, 1.807) is 0 Å². The van der Waals surface area contributed by atoms with Crippen molar-refractivity contribution in [2.24, 2.45) is 11.8 Å². The van der Waals surface area contributed by atoms with Crippen LogP contribution in [0.15, 0.2) is 6.20 Å². The second-order valence-corrected chi connectivity index (χ2v) is 6.07. The summed E-state index contributed by atoms with van der Waals surface area (Å²) in [5, 5.41) is 3.48. The lowest BCUT2D eigenvalue weighted by atomic mass is 9.98. The van der Waals surface area contributed by atoms with E-state index in [1.807, 2.05) is 6.92 Å². The SMILES string of the molecule is CCOCCCNc1nc(C)cn1C1CCC(C)C1C. The van der Waals surface area contributed by atoms with Crippen molar-refractivity contribution in [1.82, 2.24) is 9.55 Å². The molecule has 2 rings (SSSR count). The number of nitrogens with zero attached hydrogens (tertiary/aromatic N) is 2. The van der Waals surface area contributed by atoms with Crippen molar-refractivity contribution in [3.05, 3.63) is 11.9 Å². The molecule has 1 aromatic heterocycles. The number of aryl methyl sites for hydroxylation is 1. The van der Waals surface area contributed by atoms with E-state index in [9.17, 15) is 0 Å². The Morgan fingerprint density at radius 1 is 1.40 bits per heavy atom. The van der Waals surface area contributed by atoms with E-state index in [0.717, 1.165) is 49.7 Å². The summed E-state index contributed by atoms with van der Waals surface area (Å²) in [5.41, 5.74) is 1.10. The molecular weight excluding hydrogens is 250 g/mol. The topological polar surface area (TPSA) is 39.1 Å². The Labute approximate surface area is 122 Å². The molecule has 1 aliphatic carbocycles. The van der Waals surface area contributed by atoms with Crippen molar-refractivity contribution < 1.29 is 4.74 Å². The standard InChI is InChI=1S/C16H29N3O/c1-5-20-10-6-9-17-16-18-13(3)11-19(16)15-8-7-12(2)14(15)4/h11-12,14-15H,5-10H2,1-4H3,(H,17,18). The van der Waals surface area contributed by atoms with Crippen LogP contribution in [0.5, 0.6) is 0 Å². The van der Waals surface area contributed by atoms with Gasteiger partial charge in [-0.1, -0.05) is 13.8 Å². The third-order valence-corrected chi connectivity index (χ3v) is 4.58. The molecule has 0 amide bonds. The second kappa shape index (κ2) is 7.11. The Morgan fingerprint density at radius 2 is 2.20 bits per heavy atom. The van der Waals surface area contributed by atoms with Gasteiger partial charge in [0.2, 0.25) is 5.95 Å². The number of imidazole rings is 1. The lowest BCUT2D eigenvalue weighted by Crippen LogP contribution is -2.17. The van der Waals surface area contributed by atoms with E-state index in [2.05, 4.69) is 41.8 Å². The average molecular weight is 279 g/mol. The van der Waals surface area contributed by atoms with Crippen LogP contribution in [0.4, 0.5) is 5.95 Å². The molecule has 3 atom stereocenters. The van der Waals surface area contributed by atoms with E-state index >= 15 is 0 Å². The van der Waals surface area contributed by atoms with Gasteiger partial charge in [0.1, 0.15) is 0 Å². The van der Waals surface area contributed by atoms with Crippen molar-refractivity contribution in [3.63, 3.8) is 0 Å². The molecule has 0 saturated heterocycles. The van der Waals surface area contributed by atoms with Crippen molar-refractivity contribution in [3.8, 4) is 0 Å². The molecule has 1 aromatic rings. The van der Waals surface area contributed by atoms with E-state index in [0.29, 0.717) is 6.04 Å². The maximum atomic E-state index is 5.37. The fraction of sp³-hybridized carbons (Fsp3) is 0.812. The number of hydrogen-bond acceptors (Lipinski definition) is 3. The van der Waals surface area contributed by atoms with Crippen molar-refractivity contribution in [2.75, 3.05) is 25.1 Å². The first-order valence-corrected chi connectivity index (χ1v) is 8.00. The van der Waals surface area contributed by atoms with E-state index < -0.39 is 0 Å². The Kier molecular flexibility index (Phi) is 5.46. The van der Waals surface area contributed by atoms with Gasteiger partial charge >= 0.3 is 0 Å². The molecule has 0 aromatic carbocycles. The zero-order valence-electron chi connectivity index (χ0n) is 13.4. The molecule has 1 fully saturated rings. The normalized spacial score (nSPS) is 26.1. The Bertz CT molecular complexity index is 416. The Hall–Kier alpha value is -1.03. The lowest BCUT2D eigenvalue weighted by molar-refractivity contribution is 0.147. The van der Waals surface area contributed by atoms with Crippen LogP contribution in [0.25, 0.3) is 0 Å². The van der Waals surface area contributed by atoms with Gasteiger partial charge in [0.15, 0.2) is 0 Å². The number of aromatic nitrogens is 2. The van der Waals surface area contributed by atoms with Crippen LogP contribution in [0.1, 0.15) is 51.8 Å². The van der Waals surface area contributed by atoms with Crippen LogP contribution >= 0.6 is 0 Å². The highest BCUT2D eigenvalue weighted by Crippen LogP contribution is 2.41. The van der Waals surface area contributed by atoms with Gasteiger partial charge in [0.05, 0.1) is 5.69 Å². The lowest BCUT2D eigenvalue weighted by Gasteiger charge is -2.22. The number of ether oxygens (including phenoxy) is 1. The summed E-state index contributed by atoms with van der Waals surface area (Å²) >= 11 is 0. The van der Waals surface area contributed by atoms with Gasteiger partial charge in [-0.2, -0.15) is 0 Å². The molecule has 1 saturated carbocycles. The second-order valence-electron chi connectivity index (χ2n) is 6.07.